The van der Waals surface area contributed by atoms with Crippen molar-refractivity contribution in [1.82, 2.24) is 20.2 Å². The topological polar surface area (TPSA) is 77.0 Å². The number of hydrogen-bond acceptors (Lipinski definition) is 5. The second-order valence-corrected chi connectivity index (χ2v) is 8.48. The van der Waals surface area contributed by atoms with E-state index in [0.29, 0.717) is 11.9 Å². The normalized spacial score (nSPS) is 14.8. The highest BCUT2D eigenvalue weighted by Gasteiger charge is 2.14. The quantitative estimate of drug-likeness (QED) is 0.327. The second kappa shape index (κ2) is 8.88. The highest BCUT2D eigenvalue weighted by Crippen LogP contribution is 2.25. The Morgan fingerprint density at radius 1 is 1.17 bits per heavy atom. The van der Waals surface area contributed by atoms with E-state index in [2.05, 4.69) is 39.6 Å². The first-order valence-corrected chi connectivity index (χ1v) is 10.9. The minimum atomic E-state index is 0.325. The lowest BCUT2D eigenvalue weighted by atomic mass is 10.1. The van der Waals surface area contributed by atoms with Crippen LogP contribution in [0.25, 0.3) is 11.0 Å². The summed E-state index contributed by atoms with van der Waals surface area (Å²) in [6.07, 6.45) is 2.46. The maximum Gasteiger partial charge on any atom is 0.166 e. The largest absolute Gasteiger partial charge is 0.490 e. The molecule has 0 saturated carbocycles. The molecule has 0 amide bonds. The van der Waals surface area contributed by atoms with Gasteiger partial charge in [-0.1, -0.05) is 23.9 Å². The lowest BCUT2D eigenvalue weighted by molar-refractivity contribution is 0.162. The van der Waals surface area contributed by atoms with Crippen LogP contribution in [0.5, 0.6) is 5.75 Å². The summed E-state index contributed by atoms with van der Waals surface area (Å²) in [5.41, 5.74) is 4.01. The lowest BCUT2D eigenvalue weighted by Gasteiger charge is -2.23. The summed E-state index contributed by atoms with van der Waals surface area (Å²) in [5.74, 6) is 2.28. The summed E-state index contributed by atoms with van der Waals surface area (Å²) in [7, 11) is 3.76. The molecule has 1 fully saturated rings. The van der Waals surface area contributed by atoms with E-state index in [1.54, 1.807) is 16.7 Å². The number of rotatable bonds is 6. The fourth-order valence-corrected chi connectivity index (χ4v) is 4.22. The molecule has 2 aromatic carbocycles. The number of nitrogens with zero attached hydrogens (tertiary/aromatic N) is 2. The Morgan fingerprint density at radius 2 is 1.93 bits per heavy atom. The van der Waals surface area contributed by atoms with Gasteiger partial charge >= 0.3 is 0 Å². The summed E-state index contributed by atoms with van der Waals surface area (Å²) in [4.78, 5) is 9.83. The molecule has 152 valence electrons. The molecule has 3 N–H and O–H groups in total. The number of imidazole rings is 1. The molecule has 1 aliphatic rings. The molecule has 0 bridgehead atoms. The van der Waals surface area contributed by atoms with E-state index in [1.807, 2.05) is 32.3 Å². The molecule has 0 aliphatic carbocycles. The van der Waals surface area contributed by atoms with Gasteiger partial charge in [-0.2, -0.15) is 0 Å². The molecule has 2 heterocycles. The number of H-pyrrole nitrogens is 1. The van der Waals surface area contributed by atoms with Gasteiger partial charge in [0.15, 0.2) is 5.16 Å². The number of aromatic amines is 1. The van der Waals surface area contributed by atoms with Crippen LogP contribution in [0.4, 0.5) is 0 Å². The van der Waals surface area contributed by atoms with Crippen molar-refractivity contribution in [2.45, 2.75) is 29.9 Å². The number of hydrogen-bond donors (Lipinski definition) is 3. The third-order valence-electron chi connectivity index (χ3n) is 5.07. The molecule has 3 aromatic rings. The fraction of sp³-hybridized carbons (Fsp3) is 0.364. The summed E-state index contributed by atoms with van der Waals surface area (Å²) in [6.45, 7) is 2.07. The van der Waals surface area contributed by atoms with Crippen LogP contribution in [0.3, 0.4) is 0 Å². The Balaban J connectivity index is 1.37. The van der Waals surface area contributed by atoms with E-state index >= 15 is 0 Å². The van der Waals surface area contributed by atoms with Gasteiger partial charge in [-0.25, -0.2) is 4.98 Å². The van der Waals surface area contributed by atoms with E-state index in [9.17, 15) is 0 Å². The second-order valence-electron chi connectivity index (χ2n) is 7.52. The van der Waals surface area contributed by atoms with Crippen molar-refractivity contribution >= 4 is 28.6 Å². The third kappa shape index (κ3) is 4.92. The van der Waals surface area contributed by atoms with E-state index < -0.39 is 0 Å². The summed E-state index contributed by atoms with van der Waals surface area (Å²) >= 11 is 1.68. The van der Waals surface area contributed by atoms with E-state index in [1.165, 1.54) is 5.56 Å². The van der Waals surface area contributed by atoms with Crippen molar-refractivity contribution in [3.63, 3.8) is 0 Å². The summed E-state index contributed by atoms with van der Waals surface area (Å²) < 4.78 is 6.07. The number of fused-ring (bicyclic) bond motifs is 1. The molecule has 1 aromatic heterocycles. The molecule has 7 heteroatoms. The maximum absolute atomic E-state index is 8.13. The highest BCUT2D eigenvalue weighted by atomic mass is 32.2. The Hall–Kier alpha value is -2.51. The number of piperidine rings is 1. The molecular formula is C22H27N5OS. The average molecular weight is 410 g/mol. The van der Waals surface area contributed by atoms with E-state index in [0.717, 1.165) is 59.2 Å². The van der Waals surface area contributed by atoms with Gasteiger partial charge in [0.25, 0.3) is 0 Å². The number of aromatic nitrogens is 2. The van der Waals surface area contributed by atoms with Crippen molar-refractivity contribution < 1.29 is 4.74 Å². The van der Waals surface area contributed by atoms with Gasteiger partial charge in [-0.3, -0.25) is 5.41 Å². The fourth-order valence-electron chi connectivity index (χ4n) is 3.38. The van der Waals surface area contributed by atoms with Crippen molar-refractivity contribution in [2.24, 2.45) is 0 Å². The first-order chi connectivity index (χ1) is 14.1. The van der Waals surface area contributed by atoms with Gasteiger partial charge in [-0.05, 0) is 61.8 Å². The number of ether oxygens (including phenoxy) is 1. The van der Waals surface area contributed by atoms with Gasteiger partial charge in [0, 0.05) is 25.4 Å². The third-order valence-corrected chi connectivity index (χ3v) is 6.01. The molecule has 0 radical (unpaired) electrons. The summed E-state index contributed by atoms with van der Waals surface area (Å²) in [5, 5.41) is 12.4. The van der Waals surface area contributed by atoms with Crippen LogP contribution < -0.4 is 10.1 Å². The van der Waals surface area contributed by atoms with Crippen LogP contribution in [-0.2, 0) is 5.75 Å². The van der Waals surface area contributed by atoms with Crippen molar-refractivity contribution in [3.8, 4) is 5.75 Å². The van der Waals surface area contributed by atoms with Gasteiger partial charge in [-0.15, -0.1) is 0 Å². The molecule has 1 saturated heterocycles. The monoisotopic (exact) mass is 409 g/mol. The van der Waals surface area contributed by atoms with E-state index in [-0.39, 0.29) is 0 Å². The Labute approximate surface area is 175 Å². The Kier molecular flexibility index (Phi) is 6.06. The molecule has 29 heavy (non-hydrogen) atoms. The molecule has 0 spiro atoms. The maximum atomic E-state index is 8.13. The SMILES string of the molecule is CN(C)C(=N)c1ccc2nc(SCc3ccc(OC4CCNCC4)cc3)[nH]c2c1. The van der Waals surface area contributed by atoms with Gasteiger partial charge in [0.2, 0.25) is 0 Å². The first kappa shape index (κ1) is 19.8. The van der Waals surface area contributed by atoms with Gasteiger partial charge < -0.3 is 19.9 Å². The number of benzene rings is 2. The van der Waals surface area contributed by atoms with Crippen LogP contribution >= 0.6 is 11.8 Å². The van der Waals surface area contributed by atoms with Crippen molar-refractivity contribution in [3.05, 3.63) is 53.6 Å². The Morgan fingerprint density at radius 3 is 2.66 bits per heavy atom. The Bertz CT molecular complexity index is 977. The zero-order chi connectivity index (χ0) is 20.2. The zero-order valence-electron chi connectivity index (χ0n) is 16.9. The van der Waals surface area contributed by atoms with Crippen molar-refractivity contribution in [2.75, 3.05) is 27.2 Å². The molecule has 0 unspecified atom stereocenters. The predicted molar refractivity (Wildman–Crippen MR) is 119 cm³/mol. The standard InChI is InChI=1S/C22H27N5OS/c1-27(2)21(23)16-5-8-19-20(13-16)26-22(25-19)29-14-15-3-6-17(7-4-15)28-18-9-11-24-12-10-18/h3-8,13,18,23-24H,9-12,14H2,1-2H3,(H,25,26). The van der Waals surface area contributed by atoms with Crippen LogP contribution in [0.1, 0.15) is 24.0 Å². The number of amidine groups is 1. The smallest absolute Gasteiger partial charge is 0.166 e. The molecular weight excluding hydrogens is 382 g/mol. The van der Waals surface area contributed by atoms with Crippen LogP contribution in [0, 0.1) is 5.41 Å². The lowest BCUT2D eigenvalue weighted by Crippen LogP contribution is -2.34. The van der Waals surface area contributed by atoms with Crippen LogP contribution in [0.15, 0.2) is 47.6 Å². The molecule has 1 aliphatic heterocycles. The number of nitrogens with one attached hydrogen (secondary N) is 3. The van der Waals surface area contributed by atoms with Gasteiger partial charge in [0.05, 0.1) is 11.0 Å². The number of thioether (sulfide) groups is 1. The van der Waals surface area contributed by atoms with E-state index in [4.69, 9.17) is 10.1 Å². The first-order valence-electron chi connectivity index (χ1n) is 9.93. The molecule has 4 rings (SSSR count). The highest BCUT2D eigenvalue weighted by molar-refractivity contribution is 7.98. The predicted octanol–water partition coefficient (Wildman–Crippen LogP) is 3.87. The van der Waals surface area contributed by atoms with Crippen molar-refractivity contribution in [1.29, 1.82) is 5.41 Å². The average Bonchev–Trinajstić information content (AvgIpc) is 3.15. The summed E-state index contributed by atoms with van der Waals surface area (Å²) in [6, 6.07) is 14.3. The molecule has 0 atom stereocenters. The zero-order valence-corrected chi connectivity index (χ0v) is 17.7. The van der Waals surface area contributed by atoms with Crippen LogP contribution in [-0.4, -0.2) is 54.0 Å². The molecule has 6 nitrogen and oxygen atoms in total. The van der Waals surface area contributed by atoms with Gasteiger partial charge in [0.1, 0.15) is 17.7 Å². The minimum absolute atomic E-state index is 0.325. The minimum Gasteiger partial charge on any atom is -0.490 e. The van der Waals surface area contributed by atoms with Crippen LogP contribution in [0.2, 0.25) is 0 Å².